The summed E-state index contributed by atoms with van der Waals surface area (Å²) in [7, 11) is 0. The number of halogens is 2. The summed E-state index contributed by atoms with van der Waals surface area (Å²) in [5, 5.41) is 0. The van der Waals surface area contributed by atoms with Crippen LogP contribution in [0.1, 0.15) is 0 Å². The zero-order valence-electron chi connectivity index (χ0n) is 6.38. The maximum absolute atomic E-state index is 11.4. The fourth-order valence-corrected chi connectivity index (χ4v) is 1.66. The first-order valence-corrected chi connectivity index (χ1v) is 4.39. The van der Waals surface area contributed by atoms with Gasteiger partial charge in [-0.2, -0.15) is 7.68 Å². The highest BCUT2D eigenvalue weighted by Crippen LogP contribution is 2.00. The summed E-state index contributed by atoms with van der Waals surface area (Å²) in [4.78, 5) is 37.9. The molecule has 2 rings (SSSR count). The third-order valence-electron chi connectivity index (χ3n) is 1.63. The van der Waals surface area contributed by atoms with E-state index in [0.29, 0.717) is 7.68 Å². The zero-order chi connectivity index (χ0) is 10.5. The smallest absolute Gasteiger partial charge is 0.300 e. The summed E-state index contributed by atoms with van der Waals surface area (Å²) >= 11 is 8.25. The molecule has 74 valence electrons. The van der Waals surface area contributed by atoms with Crippen molar-refractivity contribution < 1.29 is 0 Å². The summed E-state index contributed by atoms with van der Waals surface area (Å²) < 4.78 is 1.25. The molecule has 0 unspecified atom stereocenters. The number of nitrogens with zero attached hydrogens (tertiary/aromatic N) is 2. The quantitative estimate of drug-likeness (QED) is 0.671. The molecule has 0 aliphatic carbocycles. The van der Waals surface area contributed by atoms with E-state index in [1.807, 2.05) is 0 Å². The molecule has 0 saturated heterocycles. The fraction of sp³-hybridized carbons (Fsp3) is 0. The number of hydrogen-bond donors (Lipinski definition) is 2. The minimum atomic E-state index is -0.792. The minimum absolute atomic E-state index is 0.0534. The predicted octanol–water partition coefficient (Wildman–Crippen LogP) is -0.661. The largest absolute Gasteiger partial charge is 0.358 e. The average Bonchev–Trinajstić information content (AvgIpc) is 2.54. The summed E-state index contributed by atoms with van der Waals surface area (Å²) in [5.74, 6) is 0. The van der Waals surface area contributed by atoms with Gasteiger partial charge in [0.25, 0.3) is 5.56 Å². The van der Waals surface area contributed by atoms with Crippen molar-refractivity contribution in [3.63, 3.8) is 0 Å². The number of rotatable bonds is 0. The molecule has 0 aliphatic rings. The average molecular weight is 281 g/mol. The van der Waals surface area contributed by atoms with Gasteiger partial charge >= 0.3 is 11.4 Å². The molecule has 0 amide bonds. The van der Waals surface area contributed by atoms with Crippen molar-refractivity contribution in [1.82, 2.24) is 17.6 Å². The van der Waals surface area contributed by atoms with Gasteiger partial charge < -0.3 is 0 Å². The van der Waals surface area contributed by atoms with E-state index in [2.05, 4.69) is 26.1 Å². The highest BCUT2D eigenvalue weighted by atomic mass is 79.9. The summed E-state index contributed by atoms with van der Waals surface area (Å²) in [5.41, 5.74) is -2.20. The maximum atomic E-state index is 11.4. The Labute approximate surface area is 88.4 Å². The lowest BCUT2D eigenvalue weighted by Gasteiger charge is -1.97. The van der Waals surface area contributed by atoms with Crippen LogP contribution >= 0.6 is 27.9 Å². The minimum Gasteiger partial charge on any atom is -0.300 e. The van der Waals surface area contributed by atoms with Crippen LogP contribution in [0.3, 0.4) is 0 Å². The van der Waals surface area contributed by atoms with E-state index >= 15 is 0 Å². The number of aromatic nitrogens is 4. The van der Waals surface area contributed by atoms with E-state index in [1.54, 1.807) is 0 Å². The van der Waals surface area contributed by atoms with Gasteiger partial charge in [-0.15, -0.1) is 0 Å². The Morgan fingerprint density at radius 2 is 1.86 bits per heavy atom. The molecule has 0 atom stereocenters. The van der Waals surface area contributed by atoms with E-state index < -0.39 is 16.9 Å². The van der Waals surface area contributed by atoms with Gasteiger partial charge in [-0.3, -0.25) is 14.8 Å². The molecule has 0 radical (unpaired) electrons. The first-order valence-electron chi connectivity index (χ1n) is 3.34. The van der Waals surface area contributed by atoms with E-state index in [1.165, 1.54) is 0 Å². The van der Waals surface area contributed by atoms with Crippen molar-refractivity contribution in [2.75, 3.05) is 0 Å². The van der Waals surface area contributed by atoms with E-state index in [0.717, 1.165) is 0 Å². The van der Waals surface area contributed by atoms with Crippen molar-refractivity contribution >= 4 is 39.1 Å². The van der Waals surface area contributed by atoms with Crippen LogP contribution < -0.4 is 16.9 Å². The van der Waals surface area contributed by atoms with Crippen LogP contribution in [0.25, 0.3) is 11.2 Å². The SMILES string of the molecule is O=c1[nH]c2c(=O)n(Br)c(=O)n(Cl)c2[nH]1. The second-order valence-electron chi connectivity index (χ2n) is 2.45. The molecule has 2 aromatic rings. The Balaban J connectivity index is 3.26. The van der Waals surface area contributed by atoms with Crippen molar-refractivity contribution in [3.8, 4) is 0 Å². The molecule has 0 saturated carbocycles. The van der Waals surface area contributed by atoms with Crippen molar-refractivity contribution in [2.45, 2.75) is 0 Å². The zero-order valence-corrected chi connectivity index (χ0v) is 8.72. The Morgan fingerprint density at radius 3 is 2.50 bits per heavy atom. The van der Waals surface area contributed by atoms with Gasteiger partial charge in [-0.05, 0) is 0 Å². The normalized spacial score (nSPS) is 11.0. The van der Waals surface area contributed by atoms with Gasteiger partial charge in [0.1, 0.15) is 0 Å². The number of nitrogens with one attached hydrogen (secondary N) is 2. The van der Waals surface area contributed by atoms with Crippen LogP contribution in [0.15, 0.2) is 14.4 Å². The number of fused-ring (bicyclic) bond motifs is 1. The lowest BCUT2D eigenvalue weighted by Crippen LogP contribution is -2.32. The van der Waals surface area contributed by atoms with Crippen LogP contribution in [-0.2, 0) is 0 Å². The van der Waals surface area contributed by atoms with Gasteiger partial charge in [0.15, 0.2) is 11.2 Å². The van der Waals surface area contributed by atoms with Crippen LogP contribution in [0.4, 0.5) is 0 Å². The molecule has 0 aromatic carbocycles. The van der Waals surface area contributed by atoms with Crippen molar-refractivity contribution in [2.24, 2.45) is 0 Å². The Bertz CT molecular complexity index is 677. The van der Waals surface area contributed by atoms with Crippen LogP contribution in [0.5, 0.6) is 0 Å². The Morgan fingerprint density at radius 1 is 1.21 bits per heavy atom. The molecule has 0 fully saturated rings. The standard InChI is InChI=1S/C5H2BrClN4O3/c6-10-3(12)1-2(9-4(13)8-1)11(7)5(10)14/h(H2,8,9,13). The number of imidazole rings is 1. The van der Waals surface area contributed by atoms with Crippen molar-refractivity contribution in [3.05, 3.63) is 31.3 Å². The molecule has 0 spiro atoms. The summed E-state index contributed by atoms with van der Waals surface area (Å²) in [6, 6.07) is 0. The summed E-state index contributed by atoms with van der Waals surface area (Å²) in [6.07, 6.45) is 0. The van der Waals surface area contributed by atoms with E-state index in [4.69, 9.17) is 11.8 Å². The van der Waals surface area contributed by atoms with Crippen LogP contribution in [0, 0.1) is 0 Å². The molecule has 7 nitrogen and oxygen atoms in total. The molecule has 14 heavy (non-hydrogen) atoms. The summed E-state index contributed by atoms with van der Waals surface area (Å²) in [6.45, 7) is 0. The van der Waals surface area contributed by atoms with Gasteiger partial charge in [-0.25, -0.2) is 9.59 Å². The monoisotopic (exact) mass is 280 g/mol. The number of hydrogen-bond acceptors (Lipinski definition) is 3. The fourth-order valence-electron chi connectivity index (χ4n) is 1.03. The van der Waals surface area contributed by atoms with E-state index in [-0.39, 0.29) is 11.2 Å². The molecular weight excluding hydrogens is 279 g/mol. The first kappa shape index (κ1) is 9.28. The van der Waals surface area contributed by atoms with Crippen molar-refractivity contribution in [1.29, 1.82) is 0 Å². The maximum Gasteiger partial charge on any atom is 0.358 e. The number of aromatic amines is 2. The van der Waals surface area contributed by atoms with Gasteiger partial charge in [0, 0.05) is 11.8 Å². The molecule has 0 aliphatic heterocycles. The Kier molecular flexibility index (Phi) is 1.89. The van der Waals surface area contributed by atoms with Gasteiger partial charge in [-0.1, -0.05) is 0 Å². The van der Waals surface area contributed by atoms with Gasteiger partial charge in [0.2, 0.25) is 0 Å². The second-order valence-corrected chi connectivity index (χ2v) is 3.50. The second kappa shape index (κ2) is 2.85. The predicted molar refractivity (Wildman–Crippen MR) is 53.0 cm³/mol. The Hall–Kier alpha value is -1.28. The lowest BCUT2D eigenvalue weighted by molar-refractivity contribution is 0.977. The third-order valence-corrected chi connectivity index (χ3v) is 2.57. The lowest BCUT2D eigenvalue weighted by atomic mass is 10.5. The first-order chi connectivity index (χ1) is 6.52. The van der Waals surface area contributed by atoms with E-state index in [9.17, 15) is 14.4 Å². The topological polar surface area (TPSA) is 92.7 Å². The molecule has 2 heterocycles. The van der Waals surface area contributed by atoms with Crippen LogP contribution in [0.2, 0.25) is 0 Å². The molecule has 2 aromatic heterocycles. The highest BCUT2D eigenvalue weighted by Gasteiger charge is 2.12. The molecule has 2 N–H and O–H groups in total. The molecule has 0 bridgehead atoms. The number of H-pyrrole nitrogens is 2. The molecule has 9 heteroatoms. The highest BCUT2D eigenvalue weighted by molar-refractivity contribution is 9.08. The third kappa shape index (κ3) is 1.07. The van der Waals surface area contributed by atoms with Crippen LogP contribution in [-0.4, -0.2) is 17.6 Å². The van der Waals surface area contributed by atoms with Gasteiger partial charge in [0.05, 0.1) is 16.1 Å². The molecular formula is C5H2BrClN4O3.